The van der Waals surface area contributed by atoms with Crippen LogP contribution < -0.4 is 5.73 Å². The summed E-state index contributed by atoms with van der Waals surface area (Å²) in [5.74, 6) is 1.01. The average Bonchev–Trinajstić information content (AvgIpc) is 2.60. The summed E-state index contributed by atoms with van der Waals surface area (Å²) in [7, 11) is 0. The van der Waals surface area contributed by atoms with E-state index in [4.69, 9.17) is 5.73 Å². The maximum Gasteiger partial charge on any atom is 0.0493 e. The lowest BCUT2D eigenvalue weighted by atomic mass is 10.3. The van der Waals surface area contributed by atoms with Crippen molar-refractivity contribution in [2.75, 3.05) is 5.75 Å². The maximum absolute atomic E-state index is 6.10. The molecule has 0 aliphatic heterocycles. The molecule has 1 aromatic heterocycles. The van der Waals surface area contributed by atoms with E-state index in [1.165, 1.54) is 11.3 Å². The molecule has 0 saturated heterocycles. The van der Waals surface area contributed by atoms with E-state index < -0.39 is 0 Å². The zero-order valence-corrected chi connectivity index (χ0v) is 11.7. The van der Waals surface area contributed by atoms with Crippen LogP contribution >= 0.6 is 39.0 Å². The van der Waals surface area contributed by atoms with E-state index in [0.29, 0.717) is 5.25 Å². The van der Waals surface area contributed by atoms with Gasteiger partial charge in [0, 0.05) is 26.4 Å². The summed E-state index contributed by atoms with van der Waals surface area (Å²) in [5, 5.41) is 2.78. The van der Waals surface area contributed by atoms with Crippen LogP contribution in [0.5, 0.6) is 0 Å². The van der Waals surface area contributed by atoms with Gasteiger partial charge in [-0.25, -0.2) is 0 Å². The van der Waals surface area contributed by atoms with Gasteiger partial charge in [-0.3, -0.25) is 0 Å². The van der Waals surface area contributed by atoms with Crippen molar-refractivity contribution in [3.05, 3.63) is 20.8 Å². The van der Waals surface area contributed by atoms with E-state index in [0.717, 1.165) is 10.2 Å². The van der Waals surface area contributed by atoms with Crippen molar-refractivity contribution < 1.29 is 0 Å². The highest BCUT2D eigenvalue weighted by atomic mass is 79.9. The zero-order valence-electron chi connectivity index (χ0n) is 8.50. The van der Waals surface area contributed by atoms with Crippen molar-refractivity contribution >= 4 is 39.0 Å². The first-order valence-electron chi connectivity index (χ1n) is 4.75. The number of hydrogen-bond donors (Lipinski definition) is 1. The molecule has 2 atom stereocenters. The van der Waals surface area contributed by atoms with Crippen LogP contribution in [0.1, 0.15) is 31.2 Å². The summed E-state index contributed by atoms with van der Waals surface area (Å²) in [6, 6.07) is 2.23. The summed E-state index contributed by atoms with van der Waals surface area (Å²) >= 11 is 7.20. The minimum Gasteiger partial charge on any atom is -0.323 e. The molecule has 4 heteroatoms. The monoisotopic (exact) mass is 293 g/mol. The Morgan fingerprint density at radius 3 is 2.86 bits per heavy atom. The molecular weight excluding hydrogens is 278 g/mol. The van der Waals surface area contributed by atoms with Crippen LogP contribution in [0, 0.1) is 0 Å². The number of thiophene rings is 1. The van der Waals surface area contributed by atoms with Gasteiger partial charge in [0.15, 0.2) is 0 Å². The molecule has 0 bridgehead atoms. The lowest BCUT2D eigenvalue weighted by molar-refractivity contribution is 0.834. The normalized spacial score (nSPS) is 15.4. The predicted molar refractivity (Wildman–Crippen MR) is 71.2 cm³/mol. The lowest BCUT2D eigenvalue weighted by Crippen LogP contribution is -2.13. The van der Waals surface area contributed by atoms with E-state index in [1.54, 1.807) is 11.3 Å². The Balaban J connectivity index is 2.43. The van der Waals surface area contributed by atoms with E-state index in [2.05, 4.69) is 41.2 Å². The van der Waals surface area contributed by atoms with Crippen LogP contribution in [0.15, 0.2) is 15.9 Å². The Morgan fingerprint density at radius 1 is 1.64 bits per heavy atom. The fourth-order valence-electron chi connectivity index (χ4n) is 1.03. The van der Waals surface area contributed by atoms with Crippen molar-refractivity contribution in [1.29, 1.82) is 0 Å². The summed E-state index contributed by atoms with van der Waals surface area (Å²) in [4.78, 5) is 1.26. The van der Waals surface area contributed by atoms with Crippen LogP contribution in [0.3, 0.4) is 0 Å². The number of thioether (sulfide) groups is 1. The minimum atomic E-state index is 0.170. The van der Waals surface area contributed by atoms with E-state index in [-0.39, 0.29) is 6.04 Å². The lowest BCUT2D eigenvalue weighted by Gasteiger charge is -2.13. The summed E-state index contributed by atoms with van der Waals surface area (Å²) in [6.45, 7) is 4.46. The Labute approximate surface area is 103 Å². The van der Waals surface area contributed by atoms with Gasteiger partial charge < -0.3 is 5.73 Å². The molecule has 0 aliphatic rings. The summed E-state index contributed by atoms with van der Waals surface area (Å²) in [6.07, 6.45) is 1.21. The molecule has 0 spiro atoms. The quantitative estimate of drug-likeness (QED) is 0.887. The third-order valence-electron chi connectivity index (χ3n) is 2.12. The Morgan fingerprint density at radius 2 is 2.36 bits per heavy atom. The molecule has 1 aromatic rings. The predicted octanol–water partition coefficient (Wildman–Crippen LogP) is 4.04. The van der Waals surface area contributed by atoms with Crippen molar-refractivity contribution in [3.8, 4) is 0 Å². The Kier molecular flexibility index (Phi) is 5.52. The molecule has 1 nitrogen and oxygen atoms in total. The van der Waals surface area contributed by atoms with Gasteiger partial charge in [0.05, 0.1) is 0 Å². The van der Waals surface area contributed by atoms with Crippen molar-refractivity contribution in [2.45, 2.75) is 31.6 Å². The van der Waals surface area contributed by atoms with Gasteiger partial charge in [-0.2, -0.15) is 11.8 Å². The third-order valence-corrected chi connectivity index (χ3v) is 5.57. The van der Waals surface area contributed by atoms with Gasteiger partial charge in [-0.15, -0.1) is 11.3 Å². The number of halogens is 1. The van der Waals surface area contributed by atoms with Gasteiger partial charge in [0.1, 0.15) is 0 Å². The van der Waals surface area contributed by atoms with Gasteiger partial charge >= 0.3 is 0 Å². The fraction of sp³-hybridized carbons (Fsp3) is 0.600. The smallest absolute Gasteiger partial charge is 0.0493 e. The minimum absolute atomic E-state index is 0.170. The first-order chi connectivity index (χ1) is 6.65. The maximum atomic E-state index is 6.10. The van der Waals surface area contributed by atoms with Crippen LogP contribution in [-0.2, 0) is 0 Å². The highest BCUT2D eigenvalue weighted by molar-refractivity contribution is 9.10. The van der Waals surface area contributed by atoms with Gasteiger partial charge in [-0.05, 0) is 33.8 Å². The molecule has 14 heavy (non-hydrogen) atoms. The summed E-state index contributed by atoms with van der Waals surface area (Å²) in [5.41, 5.74) is 6.10. The fourth-order valence-corrected chi connectivity index (χ4v) is 3.75. The van der Waals surface area contributed by atoms with Crippen LogP contribution in [0.25, 0.3) is 0 Å². The molecule has 2 N–H and O–H groups in total. The molecule has 0 saturated carbocycles. The molecule has 80 valence electrons. The largest absolute Gasteiger partial charge is 0.323 e. The number of rotatable bonds is 5. The molecule has 1 heterocycles. The molecular formula is C10H16BrNS2. The number of hydrogen-bond acceptors (Lipinski definition) is 3. The average molecular weight is 294 g/mol. The number of nitrogens with two attached hydrogens (primary N) is 1. The second kappa shape index (κ2) is 6.16. The first-order valence-corrected chi connectivity index (χ1v) is 7.47. The second-order valence-electron chi connectivity index (χ2n) is 3.29. The van der Waals surface area contributed by atoms with E-state index in [9.17, 15) is 0 Å². The van der Waals surface area contributed by atoms with Crippen molar-refractivity contribution in [3.63, 3.8) is 0 Å². The van der Waals surface area contributed by atoms with Gasteiger partial charge in [0.25, 0.3) is 0 Å². The molecule has 0 aromatic carbocycles. The Hall–Kier alpha value is 0.490. The second-order valence-corrected chi connectivity index (χ2v) is 6.56. The Bertz CT molecular complexity index is 275. The van der Waals surface area contributed by atoms with Crippen LogP contribution in [0.4, 0.5) is 0 Å². The van der Waals surface area contributed by atoms with Gasteiger partial charge in [-0.1, -0.05) is 13.8 Å². The summed E-state index contributed by atoms with van der Waals surface area (Å²) < 4.78 is 1.15. The molecule has 0 amide bonds. The SMILES string of the molecule is CCC(C)SCC(N)c1sccc1Br. The van der Waals surface area contributed by atoms with Crippen molar-refractivity contribution in [1.82, 2.24) is 0 Å². The molecule has 0 fully saturated rings. The topological polar surface area (TPSA) is 26.0 Å². The van der Waals surface area contributed by atoms with Crippen LogP contribution in [0.2, 0.25) is 0 Å². The standard InChI is InChI=1S/C10H16BrNS2/c1-3-7(2)14-6-9(12)10-8(11)4-5-13-10/h4-5,7,9H,3,6,12H2,1-2H3. The molecule has 0 radical (unpaired) electrons. The molecule has 0 aliphatic carbocycles. The highest BCUT2D eigenvalue weighted by Crippen LogP contribution is 2.30. The highest BCUT2D eigenvalue weighted by Gasteiger charge is 2.12. The van der Waals surface area contributed by atoms with E-state index >= 15 is 0 Å². The van der Waals surface area contributed by atoms with E-state index in [1.807, 2.05) is 11.8 Å². The third kappa shape index (κ3) is 3.57. The van der Waals surface area contributed by atoms with Gasteiger partial charge in [0.2, 0.25) is 0 Å². The first kappa shape index (κ1) is 12.6. The molecule has 1 rings (SSSR count). The zero-order chi connectivity index (χ0) is 10.6. The van der Waals surface area contributed by atoms with Crippen molar-refractivity contribution in [2.24, 2.45) is 5.73 Å². The van der Waals surface area contributed by atoms with Crippen LogP contribution in [-0.4, -0.2) is 11.0 Å². The molecule has 2 unspecified atom stereocenters.